The van der Waals surface area contributed by atoms with Gasteiger partial charge in [0.2, 0.25) is 5.91 Å². The number of piperidine rings is 1. The van der Waals surface area contributed by atoms with Crippen molar-refractivity contribution in [1.82, 2.24) is 4.90 Å². The molecule has 0 saturated carbocycles. The van der Waals surface area contributed by atoms with Crippen LogP contribution in [0.5, 0.6) is 5.75 Å². The molecule has 2 atom stereocenters. The Morgan fingerprint density at radius 3 is 2.50 bits per heavy atom. The number of alkyl halides is 3. The molecule has 6 heteroatoms. The first-order valence-electron chi connectivity index (χ1n) is 9.41. The number of aryl methyl sites for hydroxylation is 1. The molecule has 0 unspecified atom stereocenters. The van der Waals surface area contributed by atoms with E-state index in [1.54, 1.807) is 0 Å². The molecule has 1 aliphatic carbocycles. The molecular weight excluding hydrogens is 367 g/mol. The van der Waals surface area contributed by atoms with Gasteiger partial charge in [-0.25, -0.2) is 0 Å². The van der Waals surface area contributed by atoms with Crippen LogP contribution >= 0.6 is 0 Å². The second kappa shape index (κ2) is 6.26. The fraction of sp³-hybridized carbons (Fsp3) is 0.409. The molecule has 0 bridgehead atoms. The molecule has 1 heterocycles. The number of fused-ring (bicyclic) bond motifs is 3. The molecule has 1 saturated heterocycles. The quantitative estimate of drug-likeness (QED) is 0.753. The van der Waals surface area contributed by atoms with Gasteiger partial charge < -0.3 is 10.0 Å². The summed E-state index contributed by atoms with van der Waals surface area (Å²) in [7, 11) is 1.86. The van der Waals surface area contributed by atoms with Crippen LogP contribution in [-0.2, 0) is 22.8 Å². The number of hydrogen-bond donors (Lipinski definition) is 1. The number of benzene rings is 2. The fourth-order valence-electron chi connectivity index (χ4n) is 4.91. The molecule has 1 amide bonds. The number of likely N-dealkylation sites (tertiary alicyclic amines) is 1. The summed E-state index contributed by atoms with van der Waals surface area (Å²) in [5.41, 5.74) is 2.27. The lowest BCUT2D eigenvalue weighted by molar-refractivity contribution is -0.139. The second-order valence-electron chi connectivity index (χ2n) is 8.08. The molecule has 4 rings (SSSR count). The smallest absolute Gasteiger partial charge is 0.419 e. The van der Waals surface area contributed by atoms with E-state index in [-0.39, 0.29) is 17.4 Å². The Bertz CT molecular complexity index is 953. The number of rotatable bonds is 1. The number of nitrogens with zero attached hydrogens (tertiary/aromatic N) is 1. The van der Waals surface area contributed by atoms with Crippen molar-refractivity contribution in [2.75, 3.05) is 7.05 Å². The van der Waals surface area contributed by atoms with Crippen molar-refractivity contribution in [2.24, 2.45) is 0 Å². The molecule has 3 nitrogen and oxygen atoms in total. The van der Waals surface area contributed by atoms with E-state index in [0.29, 0.717) is 17.5 Å². The summed E-state index contributed by atoms with van der Waals surface area (Å²) in [6.45, 7) is 2.18. The van der Waals surface area contributed by atoms with Crippen molar-refractivity contribution in [3.8, 4) is 16.9 Å². The molecule has 1 N–H and O–H groups in total. The van der Waals surface area contributed by atoms with Crippen LogP contribution in [0.25, 0.3) is 11.1 Å². The number of phenolic OH excluding ortho intramolecular Hbond substituents is 1. The molecule has 0 spiro atoms. The standard InChI is InChI=1S/C22H22F3NO2/c1-21-10-9-20(28)26(2)19(21)8-5-15-11-13(3-6-16(15)21)14-4-7-18(27)17(12-14)22(23,24)25/h3-4,6-7,11-12,19,27H,5,8-10H2,1-2H3/t19-,21-/m1/s1. The highest BCUT2D eigenvalue weighted by Gasteiger charge is 2.46. The summed E-state index contributed by atoms with van der Waals surface area (Å²) >= 11 is 0. The molecule has 0 aromatic heterocycles. The predicted octanol–water partition coefficient (Wildman–Crippen LogP) is 4.90. The summed E-state index contributed by atoms with van der Waals surface area (Å²) in [6.07, 6.45) is -1.68. The van der Waals surface area contributed by atoms with Gasteiger partial charge in [-0.15, -0.1) is 0 Å². The number of hydrogen-bond acceptors (Lipinski definition) is 2. The third kappa shape index (κ3) is 2.86. The van der Waals surface area contributed by atoms with Gasteiger partial charge in [0.15, 0.2) is 0 Å². The summed E-state index contributed by atoms with van der Waals surface area (Å²) in [4.78, 5) is 14.0. The molecule has 1 fully saturated rings. The lowest BCUT2D eigenvalue weighted by atomic mass is 9.63. The topological polar surface area (TPSA) is 40.5 Å². The van der Waals surface area contributed by atoms with E-state index in [2.05, 4.69) is 6.92 Å². The maximum Gasteiger partial charge on any atom is 0.419 e. The zero-order valence-electron chi connectivity index (χ0n) is 15.8. The van der Waals surface area contributed by atoms with Gasteiger partial charge in [0.05, 0.1) is 5.56 Å². The summed E-state index contributed by atoms with van der Waals surface area (Å²) in [5, 5.41) is 9.57. The summed E-state index contributed by atoms with van der Waals surface area (Å²) < 4.78 is 39.4. The van der Waals surface area contributed by atoms with Crippen LogP contribution < -0.4 is 0 Å². The minimum absolute atomic E-state index is 0.138. The molecule has 28 heavy (non-hydrogen) atoms. The van der Waals surface area contributed by atoms with E-state index in [1.807, 2.05) is 30.1 Å². The Morgan fingerprint density at radius 2 is 1.79 bits per heavy atom. The van der Waals surface area contributed by atoms with E-state index in [1.165, 1.54) is 11.6 Å². The third-order valence-electron chi connectivity index (χ3n) is 6.50. The fourth-order valence-corrected chi connectivity index (χ4v) is 4.91. The van der Waals surface area contributed by atoms with Crippen molar-refractivity contribution in [2.45, 2.75) is 50.2 Å². The Kier molecular flexibility index (Phi) is 4.21. The van der Waals surface area contributed by atoms with Crippen LogP contribution in [0.2, 0.25) is 0 Å². The highest BCUT2D eigenvalue weighted by Crippen LogP contribution is 2.46. The van der Waals surface area contributed by atoms with Crippen molar-refractivity contribution < 1.29 is 23.1 Å². The number of carbonyl (C=O) groups excluding carboxylic acids is 1. The third-order valence-corrected chi connectivity index (χ3v) is 6.50. The van der Waals surface area contributed by atoms with Gasteiger partial charge in [0, 0.05) is 24.9 Å². The van der Waals surface area contributed by atoms with Crippen LogP contribution in [0, 0.1) is 0 Å². The minimum atomic E-state index is -4.60. The van der Waals surface area contributed by atoms with Crippen molar-refractivity contribution >= 4 is 5.91 Å². The normalized spacial score (nSPS) is 24.7. The lowest BCUT2D eigenvalue weighted by Crippen LogP contribution is -2.56. The number of amides is 1. The Morgan fingerprint density at radius 1 is 1.11 bits per heavy atom. The summed E-state index contributed by atoms with van der Waals surface area (Å²) in [5.74, 6) is -0.592. The van der Waals surface area contributed by atoms with E-state index in [4.69, 9.17) is 0 Å². The zero-order chi connectivity index (χ0) is 20.3. The molecular formula is C22H22F3NO2. The van der Waals surface area contributed by atoms with Crippen molar-refractivity contribution in [1.29, 1.82) is 0 Å². The number of likely N-dealkylation sites (N-methyl/N-ethyl adjacent to an activating group) is 1. The van der Waals surface area contributed by atoms with Crippen LogP contribution in [0.15, 0.2) is 36.4 Å². The van der Waals surface area contributed by atoms with E-state index in [0.717, 1.165) is 37.0 Å². The first-order chi connectivity index (χ1) is 13.1. The zero-order valence-corrected chi connectivity index (χ0v) is 15.8. The highest BCUT2D eigenvalue weighted by molar-refractivity contribution is 5.78. The maximum atomic E-state index is 13.1. The SMILES string of the molecule is CN1C(=O)CC[C@]2(C)c3ccc(-c4ccc(O)c(C(F)(F)F)c4)cc3CC[C@@H]12. The van der Waals surface area contributed by atoms with Gasteiger partial charge in [0.25, 0.3) is 0 Å². The van der Waals surface area contributed by atoms with E-state index >= 15 is 0 Å². The Hall–Kier alpha value is -2.50. The average Bonchev–Trinajstić information content (AvgIpc) is 2.64. The minimum Gasteiger partial charge on any atom is -0.507 e. The van der Waals surface area contributed by atoms with Crippen LogP contribution in [0.3, 0.4) is 0 Å². The number of aromatic hydroxyl groups is 1. The molecule has 2 aromatic rings. The van der Waals surface area contributed by atoms with Gasteiger partial charge in [-0.1, -0.05) is 31.2 Å². The Balaban J connectivity index is 1.75. The van der Waals surface area contributed by atoms with Crippen molar-refractivity contribution in [3.05, 3.63) is 53.1 Å². The monoisotopic (exact) mass is 389 g/mol. The lowest BCUT2D eigenvalue weighted by Gasteiger charge is -2.50. The molecule has 2 aromatic carbocycles. The molecule has 0 radical (unpaired) electrons. The number of carbonyl (C=O) groups is 1. The van der Waals surface area contributed by atoms with Gasteiger partial charge in [-0.2, -0.15) is 13.2 Å². The molecule has 1 aliphatic heterocycles. The van der Waals surface area contributed by atoms with Gasteiger partial charge in [-0.3, -0.25) is 4.79 Å². The highest BCUT2D eigenvalue weighted by atomic mass is 19.4. The van der Waals surface area contributed by atoms with Crippen molar-refractivity contribution in [3.63, 3.8) is 0 Å². The Labute approximate surface area is 161 Å². The van der Waals surface area contributed by atoms with Crippen LogP contribution in [0.1, 0.15) is 42.9 Å². The first-order valence-corrected chi connectivity index (χ1v) is 9.41. The molecule has 148 valence electrons. The number of halogens is 3. The molecule has 2 aliphatic rings. The van der Waals surface area contributed by atoms with Gasteiger partial charge >= 0.3 is 6.18 Å². The largest absolute Gasteiger partial charge is 0.507 e. The predicted molar refractivity (Wildman–Crippen MR) is 100 cm³/mol. The van der Waals surface area contributed by atoms with E-state index in [9.17, 15) is 23.1 Å². The van der Waals surface area contributed by atoms with Crippen LogP contribution in [-0.4, -0.2) is 29.0 Å². The second-order valence-corrected chi connectivity index (χ2v) is 8.08. The maximum absolute atomic E-state index is 13.1. The van der Waals surface area contributed by atoms with Crippen LogP contribution in [0.4, 0.5) is 13.2 Å². The van der Waals surface area contributed by atoms with Gasteiger partial charge in [-0.05, 0) is 53.6 Å². The summed E-state index contributed by atoms with van der Waals surface area (Å²) in [6, 6.07) is 9.55. The first kappa shape index (κ1) is 18.8. The number of phenols is 1. The van der Waals surface area contributed by atoms with Gasteiger partial charge in [0.1, 0.15) is 5.75 Å². The average molecular weight is 389 g/mol. The van der Waals surface area contributed by atoms with E-state index < -0.39 is 17.5 Å².